The van der Waals surface area contributed by atoms with Crippen LogP contribution in [0.4, 0.5) is 0 Å². The van der Waals surface area contributed by atoms with Crippen LogP contribution in [-0.2, 0) is 7.05 Å². The lowest BCUT2D eigenvalue weighted by Crippen LogP contribution is -1.89. The van der Waals surface area contributed by atoms with Crippen LogP contribution in [-0.4, -0.2) is 8.97 Å². The molecule has 6 rings (SSSR count). The van der Waals surface area contributed by atoms with Gasteiger partial charge >= 0.3 is 0 Å². The van der Waals surface area contributed by atoms with Gasteiger partial charge in [-0.15, -0.1) is 0 Å². The van der Waals surface area contributed by atoms with E-state index in [1.807, 2.05) is 0 Å². The smallest absolute Gasteiger partial charge is 0.126 e. The SMILES string of the molecule is Cn1c2ccccc2n2c3cccc4c3c(c12)-c1ccccc1-4. The fourth-order valence-electron chi connectivity index (χ4n) is 4.35. The number of imidazole rings is 1. The predicted octanol–water partition coefficient (Wildman–Crippen LogP) is 5.23. The van der Waals surface area contributed by atoms with Gasteiger partial charge < -0.3 is 4.57 Å². The summed E-state index contributed by atoms with van der Waals surface area (Å²) >= 11 is 0. The topological polar surface area (TPSA) is 9.34 Å². The van der Waals surface area contributed by atoms with Crippen LogP contribution in [0.5, 0.6) is 0 Å². The fraction of sp³-hybridized carbons (Fsp3) is 0.0476. The molecule has 2 nitrogen and oxygen atoms in total. The molecule has 0 atom stereocenters. The molecule has 0 bridgehead atoms. The first kappa shape index (κ1) is 11.6. The number of nitrogens with zero attached hydrogens (tertiary/aromatic N) is 2. The summed E-state index contributed by atoms with van der Waals surface area (Å²) in [5.74, 6) is 0. The average molecular weight is 294 g/mol. The molecule has 108 valence electrons. The monoisotopic (exact) mass is 294 g/mol. The van der Waals surface area contributed by atoms with Crippen LogP contribution < -0.4 is 0 Å². The minimum absolute atomic E-state index is 1.27. The molecule has 23 heavy (non-hydrogen) atoms. The Bertz CT molecular complexity index is 1270. The molecule has 0 saturated heterocycles. The van der Waals surface area contributed by atoms with Crippen molar-refractivity contribution >= 4 is 27.6 Å². The molecule has 3 aromatic carbocycles. The van der Waals surface area contributed by atoms with E-state index in [-0.39, 0.29) is 0 Å². The van der Waals surface area contributed by atoms with Gasteiger partial charge in [-0.3, -0.25) is 4.40 Å². The van der Waals surface area contributed by atoms with E-state index in [2.05, 4.69) is 82.7 Å². The standard InChI is InChI=1S/C21H14N2/c1-22-16-10-4-5-11-17(16)23-18-12-6-9-14-13-7-2-3-8-15(13)20(19(14)18)21(22)23/h2-12H,1H3. The van der Waals surface area contributed by atoms with Gasteiger partial charge in [0.15, 0.2) is 0 Å². The van der Waals surface area contributed by atoms with Gasteiger partial charge in [0.25, 0.3) is 0 Å². The van der Waals surface area contributed by atoms with Crippen molar-refractivity contribution in [1.82, 2.24) is 8.97 Å². The maximum atomic E-state index is 2.42. The minimum atomic E-state index is 1.27. The van der Waals surface area contributed by atoms with Crippen LogP contribution in [0.25, 0.3) is 49.8 Å². The van der Waals surface area contributed by atoms with Gasteiger partial charge in [0, 0.05) is 18.0 Å². The van der Waals surface area contributed by atoms with Crippen molar-refractivity contribution < 1.29 is 0 Å². The second kappa shape index (κ2) is 3.66. The molecule has 2 heteroatoms. The Morgan fingerprint density at radius 3 is 2.13 bits per heavy atom. The highest BCUT2D eigenvalue weighted by Crippen LogP contribution is 2.51. The number of fused-ring (bicyclic) bond motifs is 8. The van der Waals surface area contributed by atoms with Crippen molar-refractivity contribution in [3.8, 4) is 22.3 Å². The molecule has 5 aromatic rings. The van der Waals surface area contributed by atoms with E-state index in [0.717, 1.165) is 0 Å². The first-order valence-corrected chi connectivity index (χ1v) is 7.96. The molecule has 0 saturated carbocycles. The maximum Gasteiger partial charge on any atom is 0.126 e. The van der Waals surface area contributed by atoms with Gasteiger partial charge in [-0.1, -0.05) is 48.5 Å². The Kier molecular flexibility index (Phi) is 1.84. The van der Waals surface area contributed by atoms with Crippen molar-refractivity contribution in [3.05, 3.63) is 66.7 Å². The predicted molar refractivity (Wildman–Crippen MR) is 95.8 cm³/mol. The summed E-state index contributed by atoms with van der Waals surface area (Å²) in [6.45, 7) is 0. The molecule has 0 unspecified atom stereocenters. The van der Waals surface area contributed by atoms with Gasteiger partial charge in [-0.25, -0.2) is 0 Å². The molecule has 0 spiro atoms. The lowest BCUT2D eigenvalue weighted by atomic mass is 10.0. The lowest BCUT2D eigenvalue weighted by Gasteiger charge is -2.03. The summed E-state index contributed by atoms with van der Waals surface area (Å²) in [5, 5.41) is 1.39. The van der Waals surface area contributed by atoms with E-state index in [0.29, 0.717) is 0 Å². The molecule has 2 heterocycles. The number of hydrogen-bond acceptors (Lipinski definition) is 0. The second-order valence-corrected chi connectivity index (χ2v) is 6.33. The van der Waals surface area contributed by atoms with E-state index in [4.69, 9.17) is 0 Å². The first-order valence-electron chi connectivity index (χ1n) is 7.96. The van der Waals surface area contributed by atoms with Crippen LogP contribution in [0.3, 0.4) is 0 Å². The molecule has 1 aliphatic rings. The van der Waals surface area contributed by atoms with Crippen LogP contribution in [0.15, 0.2) is 66.7 Å². The third kappa shape index (κ3) is 1.15. The third-order valence-electron chi connectivity index (χ3n) is 5.26. The Labute approximate surface area is 133 Å². The van der Waals surface area contributed by atoms with E-state index >= 15 is 0 Å². The van der Waals surface area contributed by atoms with Gasteiger partial charge in [-0.2, -0.15) is 0 Å². The largest absolute Gasteiger partial charge is 0.328 e. The summed E-state index contributed by atoms with van der Waals surface area (Å²) in [5.41, 5.74) is 10.6. The summed E-state index contributed by atoms with van der Waals surface area (Å²) in [4.78, 5) is 0. The van der Waals surface area contributed by atoms with Gasteiger partial charge in [-0.05, 0) is 34.9 Å². The quantitative estimate of drug-likeness (QED) is 0.363. The van der Waals surface area contributed by atoms with E-state index < -0.39 is 0 Å². The van der Waals surface area contributed by atoms with Crippen LogP contribution in [0.2, 0.25) is 0 Å². The Morgan fingerprint density at radius 1 is 0.609 bits per heavy atom. The Balaban J connectivity index is 2.01. The third-order valence-corrected chi connectivity index (χ3v) is 5.26. The van der Waals surface area contributed by atoms with Crippen molar-refractivity contribution in [3.63, 3.8) is 0 Å². The molecule has 1 aliphatic carbocycles. The number of aryl methyl sites for hydroxylation is 1. The minimum Gasteiger partial charge on any atom is -0.328 e. The number of para-hydroxylation sites is 2. The summed E-state index contributed by atoms with van der Waals surface area (Å²) in [6.07, 6.45) is 0. The van der Waals surface area contributed by atoms with Crippen molar-refractivity contribution in [2.75, 3.05) is 0 Å². The number of rotatable bonds is 0. The zero-order valence-corrected chi connectivity index (χ0v) is 12.7. The van der Waals surface area contributed by atoms with E-state index in [9.17, 15) is 0 Å². The highest BCUT2D eigenvalue weighted by atomic mass is 15.1. The normalized spacial score (nSPS) is 12.6. The van der Waals surface area contributed by atoms with Gasteiger partial charge in [0.05, 0.1) is 16.6 Å². The summed E-state index contributed by atoms with van der Waals surface area (Å²) in [7, 11) is 2.17. The average Bonchev–Trinajstić information content (AvgIpc) is 3.21. The molecular weight excluding hydrogens is 280 g/mol. The van der Waals surface area contributed by atoms with E-state index in [1.165, 1.54) is 49.8 Å². The first-order chi connectivity index (χ1) is 11.4. The maximum absolute atomic E-state index is 2.42. The second-order valence-electron chi connectivity index (χ2n) is 6.33. The highest BCUT2D eigenvalue weighted by Gasteiger charge is 2.28. The lowest BCUT2D eigenvalue weighted by molar-refractivity contribution is 0.997. The molecule has 0 aliphatic heterocycles. The highest BCUT2D eigenvalue weighted by molar-refractivity contribution is 6.21. The van der Waals surface area contributed by atoms with Crippen molar-refractivity contribution in [2.45, 2.75) is 0 Å². The van der Waals surface area contributed by atoms with Crippen molar-refractivity contribution in [2.24, 2.45) is 7.05 Å². The summed E-state index contributed by atoms with van der Waals surface area (Å²) < 4.78 is 4.75. The molecule has 0 amide bonds. The number of benzene rings is 3. The van der Waals surface area contributed by atoms with E-state index in [1.54, 1.807) is 0 Å². The molecule has 0 fully saturated rings. The van der Waals surface area contributed by atoms with Crippen molar-refractivity contribution in [1.29, 1.82) is 0 Å². The Hall–Kier alpha value is -3.00. The zero-order chi connectivity index (χ0) is 15.1. The van der Waals surface area contributed by atoms with Crippen LogP contribution >= 0.6 is 0 Å². The summed E-state index contributed by atoms with van der Waals surface area (Å²) in [6, 6.07) is 24.1. The molecule has 2 aromatic heterocycles. The molecule has 0 radical (unpaired) electrons. The molecular formula is C21H14N2. The van der Waals surface area contributed by atoms with Crippen LogP contribution in [0, 0.1) is 0 Å². The fourth-order valence-corrected chi connectivity index (χ4v) is 4.35. The van der Waals surface area contributed by atoms with Gasteiger partial charge in [0.2, 0.25) is 0 Å². The van der Waals surface area contributed by atoms with Gasteiger partial charge in [0.1, 0.15) is 5.65 Å². The van der Waals surface area contributed by atoms with Crippen LogP contribution in [0.1, 0.15) is 0 Å². The molecule has 0 N–H and O–H groups in total. The number of aromatic nitrogens is 2. The number of hydrogen-bond donors (Lipinski definition) is 0. The zero-order valence-electron chi connectivity index (χ0n) is 12.7. The Morgan fingerprint density at radius 2 is 1.26 bits per heavy atom.